The molecule has 0 saturated carbocycles. The van der Waals surface area contributed by atoms with Crippen LogP contribution in [0.3, 0.4) is 0 Å². The lowest BCUT2D eigenvalue weighted by Crippen LogP contribution is -2.55. The summed E-state index contributed by atoms with van der Waals surface area (Å²) in [7, 11) is 1.68. The Bertz CT molecular complexity index is 696. The van der Waals surface area contributed by atoms with Gasteiger partial charge in [-0.2, -0.15) is 0 Å². The van der Waals surface area contributed by atoms with E-state index in [1.165, 1.54) is 11.3 Å². The van der Waals surface area contributed by atoms with Crippen LogP contribution in [0, 0.1) is 0 Å². The highest BCUT2D eigenvalue weighted by Gasteiger charge is 2.48. The lowest BCUT2D eigenvalue weighted by atomic mass is 10.0. The summed E-state index contributed by atoms with van der Waals surface area (Å²) >= 11 is 1.29. The molecule has 8 heteroatoms. The molecule has 0 radical (unpaired) electrons. The van der Waals surface area contributed by atoms with Gasteiger partial charge >= 0.3 is 0 Å². The molecule has 0 bridgehead atoms. The summed E-state index contributed by atoms with van der Waals surface area (Å²) in [4.78, 5) is 51.3. The fourth-order valence-electron chi connectivity index (χ4n) is 2.93. The van der Waals surface area contributed by atoms with E-state index in [0.29, 0.717) is 16.1 Å². The normalized spacial score (nSPS) is 21.6. The zero-order valence-electron chi connectivity index (χ0n) is 12.2. The maximum atomic E-state index is 12.6. The Labute approximate surface area is 130 Å². The molecular weight excluding hydrogens is 306 g/mol. The molecular formula is C14H15N3O4S. The predicted molar refractivity (Wildman–Crippen MR) is 79.8 cm³/mol. The summed E-state index contributed by atoms with van der Waals surface area (Å²) in [5.74, 6) is -1.65. The van der Waals surface area contributed by atoms with Crippen LogP contribution < -0.4 is 5.32 Å². The number of thiophene rings is 1. The van der Waals surface area contributed by atoms with Crippen molar-refractivity contribution < 1.29 is 19.2 Å². The number of anilines is 1. The van der Waals surface area contributed by atoms with Crippen molar-refractivity contribution in [3.8, 4) is 0 Å². The van der Waals surface area contributed by atoms with Gasteiger partial charge in [0.1, 0.15) is 11.0 Å². The van der Waals surface area contributed by atoms with E-state index in [2.05, 4.69) is 5.32 Å². The summed E-state index contributed by atoms with van der Waals surface area (Å²) < 4.78 is 0. The monoisotopic (exact) mass is 321 g/mol. The van der Waals surface area contributed by atoms with E-state index in [4.69, 9.17) is 0 Å². The van der Waals surface area contributed by atoms with E-state index >= 15 is 0 Å². The van der Waals surface area contributed by atoms with E-state index in [-0.39, 0.29) is 25.3 Å². The molecule has 3 heterocycles. The Kier molecular flexibility index (Phi) is 3.48. The molecule has 4 amide bonds. The summed E-state index contributed by atoms with van der Waals surface area (Å²) in [5.41, 5.74) is 0.650. The quantitative estimate of drug-likeness (QED) is 0.837. The van der Waals surface area contributed by atoms with Crippen molar-refractivity contribution in [1.29, 1.82) is 0 Å². The second-order valence-electron chi connectivity index (χ2n) is 5.11. The molecule has 22 heavy (non-hydrogen) atoms. The van der Waals surface area contributed by atoms with Crippen LogP contribution >= 0.6 is 11.3 Å². The number of rotatable bonds is 3. The highest BCUT2D eigenvalue weighted by Crippen LogP contribution is 2.37. The van der Waals surface area contributed by atoms with Crippen molar-refractivity contribution in [2.24, 2.45) is 0 Å². The number of likely N-dealkylation sites (N-methyl/N-ethyl adjacent to an activating group) is 1. The van der Waals surface area contributed by atoms with Gasteiger partial charge in [0, 0.05) is 25.4 Å². The molecule has 1 aromatic rings. The minimum atomic E-state index is -0.889. The van der Waals surface area contributed by atoms with Crippen molar-refractivity contribution in [2.45, 2.75) is 25.8 Å². The Balaban J connectivity index is 1.95. The molecule has 1 N–H and O–H groups in total. The van der Waals surface area contributed by atoms with Crippen LogP contribution in [-0.4, -0.2) is 53.1 Å². The fraction of sp³-hybridized carbons (Fsp3) is 0.429. The third kappa shape index (κ3) is 1.87. The highest BCUT2D eigenvalue weighted by molar-refractivity contribution is 7.15. The molecule has 1 unspecified atom stereocenters. The first-order valence-electron chi connectivity index (χ1n) is 7.02. The van der Waals surface area contributed by atoms with Crippen LogP contribution in [0.1, 0.15) is 40.5 Å². The summed E-state index contributed by atoms with van der Waals surface area (Å²) in [6, 6.07) is -0.889. The number of imide groups is 2. The number of piperidine rings is 1. The molecule has 2 aliphatic rings. The number of amides is 4. The minimum absolute atomic E-state index is 0.160. The average Bonchev–Trinajstić information content (AvgIpc) is 3.02. The van der Waals surface area contributed by atoms with Gasteiger partial charge in [0.05, 0.1) is 11.1 Å². The van der Waals surface area contributed by atoms with Gasteiger partial charge in [-0.1, -0.05) is 0 Å². The van der Waals surface area contributed by atoms with Gasteiger partial charge < -0.3 is 5.32 Å². The standard InChI is InChI=1S/C14H15N3O4S/c1-3-16-9(18)5-4-8(13(16)20)17-12(19)7-6-22-11(15-2)10(7)14(17)21/h6,8,15H,3-5H2,1-2H3. The van der Waals surface area contributed by atoms with Gasteiger partial charge in [0.25, 0.3) is 17.7 Å². The molecule has 3 rings (SSSR count). The second-order valence-corrected chi connectivity index (χ2v) is 5.99. The van der Waals surface area contributed by atoms with Crippen molar-refractivity contribution in [1.82, 2.24) is 9.80 Å². The minimum Gasteiger partial charge on any atom is -0.379 e. The van der Waals surface area contributed by atoms with E-state index in [1.54, 1.807) is 19.4 Å². The molecule has 116 valence electrons. The van der Waals surface area contributed by atoms with Crippen LogP contribution in [0.5, 0.6) is 0 Å². The Morgan fingerprint density at radius 2 is 2.00 bits per heavy atom. The summed E-state index contributed by atoms with van der Waals surface area (Å²) in [5, 5.41) is 5.13. The summed E-state index contributed by atoms with van der Waals surface area (Å²) in [6.45, 7) is 1.94. The van der Waals surface area contributed by atoms with E-state index < -0.39 is 23.8 Å². The number of carbonyl (C=O) groups excluding carboxylic acids is 4. The van der Waals surface area contributed by atoms with Crippen molar-refractivity contribution in [2.75, 3.05) is 18.9 Å². The third-order valence-electron chi connectivity index (χ3n) is 4.01. The van der Waals surface area contributed by atoms with Gasteiger partial charge in [-0.25, -0.2) is 0 Å². The van der Waals surface area contributed by atoms with E-state index in [9.17, 15) is 19.2 Å². The molecule has 1 saturated heterocycles. The number of nitrogens with one attached hydrogen (secondary N) is 1. The average molecular weight is 321 g/mol. The van der Waals surface area contributed by atoms with Crippen LogP contribution in [0.15, 0.2) is 5.38 Å². The number of hydrogen-bond donors (Lipinski definition) is 1. The SMILES string of the molecule is CCN1C(=O)CCC(N2C(=O)c3csc(NC)c3C2=O)C1=O. The number of fused-ring (bicyclic) bond motifs is 1. The smallest absolute Gasteiger partial charge is 0.265 e. The van der Waals surface area contributed by atoms with Gasteiger partial charge in [-0.05, 0) is 13.3 Å². The van der Waals surface area contributed by atoms with Crippen LogP contribution in [0.4, 0.5) is 5.00 Å². The first-order chi connectivity index (χ1) is 10.5. The Morgan fingerprint density at radius 3 is 2.64 bits per heavy atom. The maximum Gasteiger partial charge on any atom is 0.265 e. The third-order valence-corrected chi connectivity index (χ3v) is 5.01. The van der Waals surface area contributed by atoms with Crippen molar-refractivity contribution in [3.05, 3.63) is 16.5 Å². The molecule has 7 nitrogen and oxygen atoms in total. The second kappa shape index (κ2) is 5.20. The van der Waals surface area contributed by atoms with Gasteiger partial charge in [0.2, 0.25) is 5.91 Å². The number of likely N-dealkylation sites (tertiary alicyclic amines) is 1. The number of hydrogen-bond acceptors (Lipinski definition) is 6. The molecule has 0 spiro atoms. The number of nitrogens with zero attached hydrogens (tertiary/aromatic N) is 2. The predicted octanol–water partition coefficient (Wildman–Crippen LogP) is 0.923. The largest absolute Gasteiger partial charge is 0.379 e. The zero-order chi connectivity index (χ0) is 16.0. The highest BCUT2D eigenvalue weighted by atomic mass is 32.1. The first kappa shape index (κ1) is 14.7. The number of carbonyl (C=O) groups is 4. The van der Waals surface area contributed by atoms with Crippen LogP contribution in [0.25, 0.3) is 0 Å². The Hall–Kier alpha value is -2.22. The van der Waals surface area contributed by atoms with E-state index in [1.807, 2.05) is 0 Å². The molecule has 1 fully saturated rings. The van der Waals surface area contributed by atoms with E-state index in [0.717, 1.165) is 9.80 Å². The molecule has 0 aliphatic carbocycles. The van der Waals surface area contributed by atoms with Crippen LogP contribution in [0.2, 0.25) is 0 Å². The molecule has 1 atom stereocenters. The Morgan fingerprint density at radius 1 is 1.27 bits per heavy atom. The lowest BCUT2D eigenvalue weighted by Gasteiger charge is -2.33. The maximum absolute atomic E-state index is 12.6. The lowest BCUT2D eigenvalue weighted by molar-refractivity contribution is -0.151. The first-order valence-corrected chi connectivity index (χ1v) is 7.90. The topological polar surface area (TPSA) is 86.8 Å². The van der Waals surface area contributed by atoms with Gasteiger partial charge in [-0.3, -0.25) is 29.0 Å². The van der Waals surface area contributed by atoms with Gasteiger partial charge in [-0.15, -0.1) is 11.3 Å². The van der Waals surface area contributed by atoms with Crippen molar-refractivity contribution in [3.63, 3.8) is 0 Å². The molecule has 0 aromatic carbocycles. The van der Waals surface area contributed by atoms with Gasteiger partial charge in [0.15, 0.2) is 0 Å². The van der Waals surface area contributed by atoms with Crippen molar-refractivity contribution >= 4 is 40.0 Å². The molecule has 2 aliphatic heterocycles. The summed E-state index contributed by atoms with van der Waals surface area (Å²) in [6.07, 6.45) is 0.348. The fourth-order valence-corrected chi connectivity index (χ4v) is 3.82. The molecule has 1 aromatic heterocycles. The van der Waals surface area contributed by atoms with Crippen LogP contribution in [-0.2, 0) is 9.59 Å². The zero-order valence-corrected chi connectivity index (χ0v) is 13.0.